The Bertz CT molecular complexity index is 653. The number of thiophene rings is 1. The molecule has 0 fully saturated rings. The van der Waals surface area contributed by atoms with Crippen LogP contribution in [0.5, 0.6) is 0 Å². The zero-order valence-electron chi connectivity index (χ0n) is 11.5. The smallest absolute Gasteiger partial charge is 0.305 e. The lowest BCUT2D eigenvalue weighted by Gasteiger charge is -2.16. The Morgan fingerprint density at radius 1 is 1.38 bits per heavy atom. The van der Waals surface area contributed by atoms with E-state index in [-0.39, 0.29) is 12.3 Å². The molecular formula is C15H16N2O3S. The monoisotopic (exact) mass is 304 g/mol. The zero-order valence-corrected chi connectivity index (χ0v) is 12.3. The SMILES string of the molecule is Cc1ccc(N)c(C(=O)NC(CC(=O)O)c2cccs2)c1. The number of carbonyl (C=O) groups excluding carboxylic acids is 1. The summed E-state index contributed by atoms with van der Waals surface area (Å²) in [4.78, 5) is 24.1. The molecule has 1 atom stereocenters. The maximum Gasteiger partial charge on any atom is 0.305 e. The molecule has 1 heterocycles. The second-order valence-corrected chi connectivity index (χ2v) is 5.71. The topological polar surface area (TPSA) is 92.4 Å². The third-order valence-corrected chi connectivity index (χ3v) is 4.01. The van der Waals surface area contributed by atoms with Gasteiger partial charge in [-0.2, -0.15) is 0 Å². The molecule has 5 nitrogen and oxygen atoms in total. The predicted octanol–water partition coefficient (Wildman–Crippen LogP) is 2.58. The van der Waals surface area contributed by atoms with Crippen LogP contribution in [0.15, 0.2) is 35.7 Å². The summed E-state index contributed by atoms with van der Waals surface area (Å²) in [7, 11) is 0. The van der Waals surface area contributed by atoms with Crippen molar-refractivity contribution in [3.8, 4) is 0 Å². The van der Waals surface area contributed by atoms with E-state index >= 15 is 0 Å². The van der Waals surface area contributed by atoms with E-state index in [4.69, 9.17) is 10.8 Å². The number of amides is 1. The van der Waals surface area contributed by atoms with Crippen LogP contribution in [0.25, 0.3) is 0 Å². The van der Waals surface area contributed by atoms with Crippen LogP contribution >= 0.6 is 11.3 Å². The van der Waals surface area contributed by atoms with Gasteiger partial charge in [-0.25, -0.2) is 0 Å². The Kier molecular flexibility index (Phi) is 4.59. The Balaban J connectivity index is 2.22. The van der Waals surface area contributed by atoms with Crippen molar-refractivity contribution in [2.45, 2.75) is 19.4 Å². The van der Waals surface area contributed by atoms with E-state index in [1.807, 2.05) is 24.4 Å². The molecule has 0 aliphatic carbocycles. The van der Waals surface area contributed by atoms with Gasteiger partial charge in [-0.1, -0.05) is 17.7 Å². The molecule has 0 radical (unpaired) electrons. The lowest BCUT2D eigenvalue weighted by Crippen LogP contribution is -2.30. The number of carboxylic acids is 1. The minimum absolute atomic E-state index is 0.169. The first kappa shape index (κ1) is 15.1. The van der Waals surface area contributed by atoms with Gasteiger partial charge in [0.05, 0.1) is 18.0 Å². The average molecular weight is 304 g/mol. The van der Waals surface area contributed by atoms with Gasteiger partial charge >= 0.3 is 5.97 Å². The van der Waals surface area contributed by atoms with Crippen LogP contribution in [0, 0.1) is 6.92 Å². The largest absolute Gasteiger partial charge is 0.481 e. The van der Waals surface area contributed by atoms with Crippen molar-refractivity contribution in [1.82, 2.24) is 5.32 Å². The zero-order chi connectivity index (χ0) is 15.4. The van der Waals surface area contributed by atoms with E-state index in [1.165, 1.54) is 11.3 Å². The van der Waals surface area contributed by atoms with Gasteiger partial charge in [0.15, 0.2) is 0 Å². The number of anilines is 1. The van der Waals surface area contributed by atoms with Crippen LogP contribution in [0.2, 0.25) is 0 Å². The molecule has 21 heavy (non-hydrogen) atoms. The van der Waals surface area contributed by atoms with Gasteiger partial charge in [-0.05, 0) is 30.5 Å². The van der Waals surface area contributed by atoms with Crippen LogP contribution in [0.3, 0.4) is 0 Å². The molecule has 0 aliphatic heterocycles. The molecule has 1 amide bonds. The van der Waals surface area contributed by atoms with Gasteiger partial charge in [-0.15, -0.1) is 11.3 Å². The molecule has 110 valence electrons. The normalized spacial score (nSPS) is 11.9. The van der Waals surface area contributed by atoms with Crippen LogP contribution in [0.1, 0.15) is 33.3 Å². The fraction of sp³-hybridized carbons (Fsp3) is 0.200. The van der Waals surface area contributed by atoms with E-state index in [2.05, 4.69) is 5.32 Å². The summed E-state index contributed by atoms with van der Waals surface area (Å²) in [5.41, 5.74) is 7.46. The van der Waals surface area contributed by atoms with Gasteiger partial charge in [0.25, 0.3) is 5.91 Å². The van der Waals surface area contributed by atoms with Crippen molar-refractivity contribution < 1.29 is 14.7 Å². The number of aliphatic carboxylic acids is 1. The van der Waals surface area contributed by atoms with Gasteiger partial charge in [-0.3, -0.25) is 9.59 Å². The van der Waals surface area contributed by atoms with E-state index in [1.54, 1.807) is 18.2 Å². The van der Waals surface area contributed by atoms with Crippen LogP contribution < -0.4 is 11.1 Å². The van der Waals surface area contributed by atoms with Crippen LogP contribution in [0.4, 0.5) is 5.69 Å². The molecule has 0 saturated heterocycles. The molecular weight excluding hydrogens is 288 g/mol. The number of hydrogen-bond acceptors (Lipinski definition) is 4. The summed E-state index contributed by atoms with van der Waals surface area (Å²) in [5, 5.41) is 13.6. The van der Waals surface area contributed by atoms with Crippen LogP contribution in [-0.4, -0.2) is 17.0 Å². The first-order chi connectivity index (χ1) is 9.97. The Hall–Kier alpha value is -2.34. The molecule has 2 aromatic rings. The number of benzene rings is 1. The molecule has 0 aliphatic rings. The van der Waals surface area contributed by atoms with Crippen molar-refractivity contribution in [2.75, 3.05) is 5.73 Å². The Morgan fingerprint density at radius 3 is 2.76 bits per heavy atom. The highest BCUT2D eigenvalue weighted by Crippen LogP contribution is 2.23. The summed E-state index contributed by atoms with van der Waals surface area (Å²) >= 11 is 1.41. The maximum absolute atomic E-state index is 12.3. The minimum atomic E-state index is -0.967. The van der Waals surface area contributed by atoms with Crippen molar-refractivity contribution in [3.05, 3.63) is 51.7 Å². The highest BCUT2D eigenvalue weighted by Gasteiger charge is 2.20. The van der Waals surface area contributed by atoms with Crippen molar-refractivity contribution in [3.63, 3.8) is 0 Å². The number of aryl methyl sites for hydroxylation is 1. The maximum atomic E-state index is 12.3. The summed E-state index contributed by atoms with van der Waals surface area (Å²) in [6.45, 7) is 1.87. The third-order valence-electron chi connectivity index (χ3n) is 3.02. The summed E-state index contributed by atoms with van der Waals surface area (Å²) in [5.74, 6) is -1.33. The van der Waals surface area contributed by atoms with E-state index in [0.717, 1.165) is 10.4 Å². The van der Waals surface area contributed by atoms with E-state index in [0.29, 0.717) is 11.3 Å². The van der Waals surface area contributed by atoms with Gasteiger partial charge in [0.2, 0.25) is 0 Å². The standard InChI is InChI=1S/C15H16N2O3S/c1-9-4-5-11(16)10(7-9)15(20)17-12(8-14(18)19)13-3-2-6-21-13/h2-7,12H,8,16H2,1H3,(H,17,20)(H,18,19). The Morgan fingerprint density at radius 2 is 2.14 bits per heavy atom. The molecule has 0 bridgehead atoms. The molecule has 0 spiro atoms. The molecule has 0 saturated carbocycles. The highest BCUT2D eigenvalue weighted by atomic mass is 32.1. The fourth-order valence-electron chi connectivity index (χ4n) is 1.99. The van der Waals surface area contributed by atoms with Crippen molar-refractivity contribution in [2.24, 2.45) is 0 Å². The first-order valence-electron chi connectivity index (χ1n) is 6.39. The van der Waals surface area contributed by atoms with Gasteiger partial charge in [0.1, 0.15) is 0 Å². The summed E-state index contributed by atoms with van der Waals surface area (Å²) in [6, 6.07) is 8.24. The quantitative estimate of drug-likeness (QED) is 0.740. The Labute approximate surface area is 126 Å². The second-order valence-electron chi connectivity index (χ2n) is 4.73. The number of nitrogen functional groups attached to an aromatic ring is 1. The first-order valence-corrected chi connectivity index (χ1v) is 7.27. The molecule has 1 aromatic carbocycles. The molecule has 6 heteroatoms. The lowest BCUT2D eigenvalue weighted by molar-refractivity contribution is -0.137. The second kappa shape index (κ2) is 6.41. The predicted molar refractivity (Wildman–Crippen MR) is 82.4 cm³/mol. The van der Waals surface area contributed by atoms with Crippen molar-refractivity contribution in [1.29, 1.82) is 0 Å². The lowest BCUT2D eigenvalue weighted by atomic mass is 10.1. The highest BCUT2D eigenvalue weighted by molar-refractivity contribution is 7.10. The third kappa shape index (κ3) is 3.82. The number of carbonyl (C=O) groups is 2. The number of hydrogen-bond donors (Lipinski definition) is 3. The van der Waals surface area contributed by atoms with E-state index < -0.39 is 12.0 Å². The van der Waals surface area contributed by atoms with Gasteiger partial charge < -0.3 is 16.2 Å². The molecule has 4 N–H and O–H groups in total. The van der Waals surface area contributed by atoms with Crippen molar-refractivity contribution >= 4 is 28.9 Å². The molecule has 2 rings (SSSR count). The number of carboxylic acid groups (broad SMARTS) is 1. The number of nitrogens with one attached hydrogen (secondary N) is 1. The summed E-state index contributed by atoms with van der Waals surface area (Å²) in [6.07, 6.45) is -0.169. The molecule has 1 aromatic heterocycles. The number of rotatable bonds is 5. The fourth-order valence-corrected chi connectivity index (χ4v) is 2.77. The van der Waals surface area contributed by atoms with Crippen LogP contribution in [-0.2, 0) is 4.79 Å². The average Bonchev–Trinajstić information content (AvgIpc) is 2.94. The number of nitrogens with two attached hydrogens (primary N) is 1. The van der Waals surface area contributed by atoms with E-state index in [9.17, 15) is 9.59 Å². The summed E-state index contributed by atoms with van der Waals surface area (Å²) < 4.78 is 0. The van der Waals surface area contributed by atoms with Gasteiger partial charge in [0, 0.05) is 10.6 Å². The minimum Gasteiger partial charge on any atom is -0.481 e. The molecule has 1 unspecified atom stereocenters.